The molecule has 2 aliphatic heterocycles. The molecule has 0 bridgehead atoms. The summed E-state index contributed by atoms with van der Waals surface area (Å²) in [6, 6.07) is 13.7. The first kappa shape index (κ1) is 23.5. The fourth-order valence-corrected chi connectivity index (χ4v) is 4.79. The number of hydrogen-bond donors (Lipinski definition) is 2. The summed E-state index contributed by atoms with van der Waals surface area (Å²) in [5, 5.41) is 15.0. The molecule has 2 aromatic rings. The Hall–Kier alpha value is -1.64. The molecule has 0 aromatic heterocycles. The minimum absolute atomic E-state index is 0.118. The Morgan fingerprint density at radius 2 is 1.78 bits per heavy atom. The second-order valence-corrected chi connectivity index (χ2v) is 9.87. The number of benzene rings is 2. The summed E-state index contributed by atoms with van der Waals surface area (Å²) >= 11 is 9.53. The summed E-state index contributed by atoms with van der Waals surface area (Å²) < 4.78 is 7.11. The van der Waals surface area contributed by atoms with E-state index in [1.54, 1.807) is 4.90 Å². The lowest BCUT2D eigenvalue weighted by molar-refractivity contribution is -0.157. The highest BCUT2D eigenvalue weighted by atomic mass is 79.9. The number of aliphatic hydroxyl groups is 1. The van der Waals surface area contributed by atoms with E-state index in [1.165, 1.54) is 0 Å². The number of ether oxygens (including phenoxy) is 1. The van der Waals surface area contributed by atoms with Crippen LogP contribution in [0, 0.1) is 0 Å². The maximum absolute atomic E-state index is 12.9. The van der Waals surface area contributed by atoms with Crippen LogP contribution < -0.4 is 10.1 Å². The highest BCUT2D eigenvalue weighted by Crippen LogP contribution is 2.30. The van der Waals surface area contributed by atoms with Crippen LogP contribution >= 0.6 is 27.5 Å². The van der Waals surface area contributed by atoms with Crippen molar-refractivity contribution in [1.82, 2.24) is 15.1 Å². The molecule has 0 atom stereocenters. The fraction of sp³-hybridized carbons (Fsp3) is 0.458. The molecule has 8 heteroatoms. The molecule has 32 heavy (non-hydrogen) atoms. The zero-order valence-electron chi connectivity index (χ0n) is 18.0. The maximum Gasteiger partial charge on any atom is 0.254 e. The zero-order chi connectivity index (χ0) is 22.6. The van der Waals surface area contributed by atoms with Crippen LogP contribution in [-0.2, 0) is 17.9 Å². The van der Waals surface area contributed by atoms with Gasteiger partial charge in [0, 0.05) is 60.9 Å². The number of piperidine rings is 1. The average Bonchev–Trinajstić information content (AvgIpc) is 2.81. The molecule has 2 heterocycles. The van der Waals surface area contributed by atoms with Crippen molar-refractivity contribution in [3.63, 3.8) is 0 Å². The van der Waals surface area contributed by atoms with Crippen molar-refractivity contribution >= 4 is 33.4 Å². The van der Waals surface area contributed by atoms with Crippen molar-refractivity contribution in [1.29, 1.82) is 0 Å². The molecule has 6 nitrogen and oxygen atoms in total. The molecule has 2 aromatic carbocycles. The smallest absolute Gasteiger partial charge is 0.254 e. The van der Waals surface area contributed by atoms with Gasteiger partial charge in [0.15, 0.2) is 0 Å². The van der Waals surface area contributed by atoms with Gasteiger partial charge in [-0.05, 0) is 48.7 Å². The Balaban J connectivity index is 1.36. The maximum atomic E-state index is 12.9. The molecule has 2 aliphatic rings. The van der Waals surface area contributed by atoms with E-state index in [2.05, 4.69) is 32.2 Å². The molecule has 2 saturated heterocycles. The number of likely N-dealkylation sites (tertiary alicyclic amines) is 1. The highest BCUT2D eigenvalue weighted by molar-refractivity contribution is 9.10. The lowest BCUT2D eigenvalue weighted by Gasteiger charge is -2.41. The normalized spacial score (nSPS) is 19.0. The number of nitrogens with zero attached hydrogens (tertiary/aromatic N) is 2. The second-order valence-electron chi connectivity index (χ2n) is 8.52. The van der Waals surface area contributed by atoms with E-state index in [-0.39, 0.29) is 5.91 Å². The van der Waals surface area contributed by atoms with Crippen LogP contribution in [0.5, 0.6) is 5.75 Å². The predicted molar refractivity (Wildman–Crippen MR) is 129 cm³/mol. The summed E-state index contributed by atoms with van der Waals surface area (Å²) in [4.78, 5) is 16.9. The van der Waals surface area contributed by atoms with Crippen LogP contribution in [0.3, 0.4) is 0 Å². The first-order valence-electron chi connectivity index (χ1n) is 11.0. The molecule has 4 rings (SSSR count). The molecule has 2 N–H and O–H groups in total. The van der Waals surface area contributed by atoms with Gasteiger partial charge in [-0.15, -0.1) is 0 Å². The van der Waals surface area contributed by atoms with Crippen molar-refractivity contribution in [2.45, 2.75) is 31.6 Å². The number of nitrogens with one attached hydrogen (secondary N) is 1. The van der Waals surface area contributed by atoms with Gasteiger partial charge in [0.25, 0.3) is 5.91 Å². The van der Waals surface area contributed by atoms with Crippen LogP contribution in [0.25, 0.3) is 0 Å². The number of halogens is 2. The number of piperazine rings is 1. The van der Waals surface area contributed by atoms with Gasteiger partial charge in [-0.1, -0.05) is 39.7 Å². The van der Waals surface area contributed by atoms with Crippen molar-refractivity contribution < 1.29 is 14.6 Å². The van der Waals surface area contributed by atoms with E-state index in [4.69, 9.17) is 16.3 Å². The Morgan fingerprint density at radius 3 is 2.47 bits per heavy atom. The zero-order valence-corrected chi connectivity index (χ0v) is 20.4. The molecule has 0 radical (unpaired) electrons. The minimum Gasteiger partial charge on any atom is -0.489 e. The van der Waals surface area contributed by atoms with Gasteiger partial charge in [-0.25, -0.2) is 0 Å². The third-order valence-corrected chi connectivity index (χ3v) is 6.95. The van der Waals surface area contributed by atoms with Gasteiger partial charge in [-0.2, -0.15) is 0 Å². The van der Waals surface area contributed by atoms with E-state index >= 15 is 0 Å². The lowest BCUT2D eigenvalue weighted by Crippen LogP contribution is -2.58. The number of carbonyl (C=O) groups excluding carboxylic acids is 1. The molecule has 0 saturated carbocycles. The minimum atomic E-state index is -1.25. The second kappa shape index (κ2) is 10.5. The number of carbonyl (C=O) groups is 1. The standard InChI is InChI=1S/C24H29BrClN3O3/c25-20-3-6-22(32-17-18-1-4-21(26)5-2-18)19(15-20)16-28-11-7-24(31,8-12-28)23(30)29-13-9-27-10-14-29/h1-6,15,27,31H,7-14,16-17H2. The van der Waals surface area contributed by atoms with E-state index in [1.807, 2.05) is 36.4 Å². The van der Waals surface area contributed by atoms with Gasteiger partial charge in [0.2, 0.25) is 0 Å². The number of hydrogen-bond acceptors (Lipinski definition) is 5. The third-order valence-electron chi connectivity index (χ3n) is 6.21. The van der Waals surface area contributed by atoms with Gasteiger partial charge in [-0.3, -0.25) is 9.69 Å². The third kappa shape index (κ3) is 5.83. The molecular formula is C24H29BrClN3O3. The first-order chi connectivity index (χ1) is 15.4. The predicted octanol–water partition coefficient (Wildman–Crippen LogP) is 3.44. The van der Waals surface area contributed by atoms with Crippen molar-refractivity contribution in [3.05, 3.63) is 63.1 Å². The lowest BCUT2D eigenvalue weighted by atomic mass is 9.89. The number of rotatable bonds is 6. The van der Waals surface area contributed by atoms with Gasteiger partial charge < -0.3 is 20.1 Å². The van der Waals surface area contributed by atoms with Gasteiger partial charge in [0.1, 0.15) is 18.0 Å². The van der Waals surface area contributed by atoms with E-state index in [9.17, 15) is 9.90 Å². The van der Waals surface area contributed by atoms with Crippen molar-refractivity contribution in [2.24, 2.45) is 0 Å². The number of amides is 1. The summed E-state index contributed by atoms with van der Waals surface area (Å²) in [7, 11) is 0. The molecule has 172 valence electrons. The fourth-order valence-electron chi connectivity index (χ4n) is 4.25. The van der Waals surface area contributed by atoms with Crippen LogP contribution in [-0.4, -0.2) is 65.7 Å². The van der Waals surface area contributed by atoms with Crippen molar-refractivity contribution in [3.8, 4) is 5.75 Å². The van der Waals surface area contributed by atoms with Crippen LogP contribution in [0.1, 0.15) is 24.0 Å². The van der Waals surface area contributed by atoms with Crippen LogP contribution in [0.2, 0.25) is 5.02 Å². The molecule has 0 spiro atoms. The van der Waals surface area contributed by atoms with Gasteiger partial charge in [0.05, 0.1) is 0 Å². The van der Waals surface area contributed by atoms with Crippen LogP contribution in [0.4, 0.5) is 0 Å². The summed E-state index contributed by atoms with van der Waals surface area (Å²) in [6.45, 7) is 5.40. The molecular weight excluding hydrogens is 494 g/mol. The monoisotopic (exact) mass is 521 g/mol. The van der Waals surface area contributed by atoms with Gasteiger partial charge >= 0.3 is 0 Å². The molecule has 2 fully saturated rings. The van der Waals surface area contributed by atoms with Crippen molar-refractivity contribution in [2.75, 3.05) is 39.3 Å². The Labute approximate surface area is 202 Å². The topological polar surface area (TPSA) is 65.0 Å². The largest absolute Gasteiger partial charge is 0.489 e. The average molecular weight is 523 g/mol. The molecule has 0 unspecified atom stereocenters. The Morgan fingerprint density at radius 1 is 1.09 bits per heavy atom. The van der Waals surface area contributed by atoms with E-state index < -0.39 is 5.60 Å². The van der Waals surface area contributed by atoms with Crippen LogP contribution in [0.15, 0.2) is 46.9 Å². The summed E-state index contributed by atoms with van der Waals surface area (Å²) in [5.41, 5.74) is 0.879. The summed E-state index contributed by atoms with van der Waals surface area (Å²) in [5.74, 6) is 0.717. The Bertz CT molecular complexity index is 927. The first-order valence-corrected chi connectivity index (χ1v) is 12.2. The highest BCUT2D eigenvalue weighted by Gasteiger charge is 2.42. The van der Waals surface area contributed by atoms with E-state index in [0.29, 0.717) is 57.2 Å². The SMILES string of the molecule is O=C(N1CCNCC1)C1(O)CCN(Cc2cc(Br)ccc2OCc2ccc(Cl)cc2)CC1. The quantitative estimate of drug-likeness (QED) is 0.609. The van der Waals surface area contributed by atoms with E-state index in [0.717, 1.165) is 34.4 Å². The molecule has 1 amide bonds. The Kier molecular flexibility index (Phi) is 7.74. The summed E-state index contributed by atoms with van der Waals surface area (Å²) in [6.07, 6.45) is 0.898. The molecule has 0 aliphatic carbocycles.